The van der Waals surface area contributed by atoms with Gasteiger partial charge in [-0.2, -0.15) is 0 Å². The molecule has 0 bridgehead atoms. The van der Waals surface area contributed by atoms with Gasteiger partial charge in [0, 0.05) is 11.9 Å². The average molecular weight is 154 g/mol. The van der Waals surface area contributed by atoms with E-state index in [4.69, 9.17) is 5.11 Å². The number of nitrogens with zero attached hydrogens (tertiary/aromatic N) is 1. The van der Waals surface area contributed by atoms with Crippen molar-refractivity contribution in [2.75, 3.05) is 0 Å². The van der Waals surface area contributed by atoms with E-state index in [1.807, 2.05) is 6.92 Å². The van der Waals surface area contributed by atoms with Crippen LogP contribution >= 0.6 is 0 Å². The van der Waals surface area contributed by atoms with Crippen LogP contribution in [0.2, 0.25) is 0 Å². The molecule has 0 aromatic rings. The van der Waals surface area contributed by atoms with Gasteiger partial charge in [-0.25, -0.2) is 9.79 Å². The number of aliphatic imine (C=N–C) groups is 1. The highest BCUT2D eigenvalue weighted by molar-refractivity contribution is 5.95. The Labute approximate surface area is 64.6 Å². The van der Waals surface area contributed by atoms with E-state index in [0.29, 0.717) is 0 Å². The third kappa shape index (κ3) is 1.58. The number of carboxylic acid groups (broad SMARTS) is 1. The molecule has 1 rings (SSSR count). The molecule has 11 heavy (non-hydrogen) atoms. The van der Waals surface area contributed by atoms with Crippen molar-refractivity contribution >= 4 is 11.7 Å². The van der Waals surface area contributed by atoms with E-state index in [9.17, 15) is 4.79 Å². The van der Waals surface area contributed by atoms with E-state index in [-0.39, 0.29) is 11.7 Å². The number of nitrogens with one attached hydrogen (secondary N) is 1. The Hall–Kier alpha value is -1.32. The maximum absolute atomic E-state index is 10.4. The zero-order valence-corrected chi connectivity index (χ0v) is 6.46. The maximum atomic E-state index is 10.4. The highest BCUT2D eigenvalue weighted by atomic mass is 16.4. The third-order valence-corrected chi connectivity index (χ3v) is 1.61. The van der Waals surface area contributed by atoms with Crippen LogP contribution in [0.15, 0.2) is 16.9 Å². The van der Waals surface area contributed by atoms with E-state index in [1.54, 1.807) is 6.92 Å². The van der Waals surface area contributed by atoms with Crippen molar-refractivity contribution in [3.63, 3.8) is 0 Å². The summed E-state index contributed by atoms with van der Waals surface area (Å²) in [5, 5.41) is 11.4. The molecule has 0 radical (unpaired) electrons. The van der Waals surface area contributed by atoms with Gasteiger partial charge in [0.1, 0.15) is 0 Å². The first-order chi connectivity index (χ1) is 5.11. The van der Waals surface area contributed by atoms with Crippen LogP contribution in [0.3, 0.4) is 0 Å². The molecular formula is C7H10N2O2. The second kappa shape index (κ2) is 2.74. The summed E-state index contributed by atoms with van der Waals surface area (Å²) in [5.41, 5.74) is 0.866. The predicted molar refractivity (Wildman–Crippen MR) is 41.4 cm³/mol. The fourth-order valence-corrected chi connectivity index (χ4v) is 0.753. The highest BCUT2D eigenvalue weighted by Crippen LogP contribution is 2.04. The molecule has 2 N–H and O–H groups in total. The molecule has 0 amide bonds. The summed E-state index contributed by atoms with van der Waals surface area (Å²) in [6.45, 7) is 3.72. The summed E-state index contributed by atoms with van der Waals surface area (Å²) in [5.74, 6) is -0.997. The van der Waals surface area contributed by atoms with Crippen LogP contribution in [-0.2, 0) is 4.79 Å². The van der Waals surface area contributed by atoms with E-state index in [2.05, 4.69) is 10.3 Å². The van der Waals surface area contributed by atoms with Gasteiger partial charge in [0.2, 0.25) is 0 Å². The van der Waals surface area contributed by atoms with Gasteiger partial charge in [0.05, 0.1) is 6.04 Å². The molecule has 0 fully saturated rings. The number of carbonyl (C=O) groups is 1. The standard InChI is InChI=1S/C7H10N2O2/c1-4-5(2)9-6(3-8-4)7(10)11/h3-4,8H,1-2H3,(H,10,11)/t4-/m0/s1. The second-order valence-corrected chi connectivity index (χ2v) is 2.48. The van der Waals surface area contributed by atoms with E-state index in [1.165, 1.54) is 6.20 Å². The van der Waals surface area contributed by atoms with E-state index >= 15 is 0 Å². The third-order valence-electron chi connectivity index (χ3n) is 1.61. The van der Waals surface area contributed by atoms with Gasteiger partial charge >= 0.3 is 5.97 Å². The Balaban J connectivity index is 2.83. The summed E-state index contributed by atoms with van der Waals surface area (Å²) in [4.78, 5) is 14.3. The van der Waals surface area contributed by atoms with Crippen molar-refractivity contribution in [2.45, 2.75) is 19.9 Å². The first-order valence-corrected chi connectivity index (χ1v) is 3.36. The fourth-order valence-electron chi connectivity index (χ4n) is 0.753. The molecule has 1 heterocycles. The predicted octanol–water partition coefficient (Wildman–Crippen LogP) is 0.365. The van der Waals surface area contributed by atoms with Gasteiger partial charge in [-0.15, -0.1) is 0 Å². The minimum atomic E-state index is -0.997. The number of carboxylic acids is 1. The van der Waals surface area contributed by atoms with Crippen LogP contribution in [0.4, 0.5) is 0 Å². The molecule has 4 nitrogen and oxygen atoms in total. The number of hydrogen-bond acceptors (Lipinski definition) is 3. The highest BCUT2D eigenvalue weighted by Gasteiger charge is 2.14. The van der Waals surface area contributed by atoms with Crippen LogP contribution in [0.5, 0.6) is 0 Å². The summed E-state index contributed by atoms with van der Waals surface area (Å²) in [7, 11) is 0. The lowest BCUT2D eigenvalue weighted by atomic mass is 10.2. The lowest BCUT2D eigenvalue weighted by molar-refractivity contribution is -0.132. The topological polar surface area (TPSA) is 61.7 Å². The second-order valence-electron chi connectivity index (χ2n) is 2.48. The maximum Gasteiger partial charge on any atom is 0.355 e. The monoisotopic (exact) mass is 154 g/mol. The summed E-state index contributed by atoms with van der Waals surface area (Å²) >= 11 is 0. The molecule has 0 saturated carbocycles. The average Bonchev–Trinajstić information content (AvgIpc) is 1.94. The normalized spacial score (nSPS) is 23.3. The lowest BCUT2D eigenvalue weighted by Crippen LogP contribution is -2.32. The number of rotatable bonds is 1. The summed E-state index contributed by atoms with van der Waals surface area (Å²) < 4.78 is 0. The van der Waals surface area contributed by atoms with Crippen molar-refractivity contribution in [3.05, 3.63) is 11.9 Å². The minimum Gasteiger partial charge on any atom is -0.476 e. The van der Waals surface area contributed by atoms with Crippen molar-refractivity contribution < 1.29 is 9.90 Å². The van der Waals surface area contributed by atoms with Gasteiger partial charge in [-0.3, -0.25) is 0 Å². The molecule has 0 spiro atoms. The zero-order valence-electron chi connectivity index (χ0n) is 6.46. The quantitative estimate of drug-likeness (QED) is 0.573. The molecule has 1 aliphatic rings. The zero-order chi connectivity index (χ0) is 8.43. The molecule has 4 heteroatoms. The number of aliphatic carboxylic acids is 1. The molecule has 60 valence electrons. The van der Waals surface area contributed by atoms with Gasteiger partial charge in [0.15, 0.2) is 5.70 Å². The van der Waals surface area contributed by atoms with Crippen LogP contribution in [-0.4, -0.2) is 22.8 Å². The molecule has 0 saturated heterocycles. The molecular weight excluding hydrogens is 144 g/mol. The summed E-state index contributed by atoms with van der Waals surface area (Å²) in [6, 6.07) is 0.137. The van der Waals surface area contributed by atoms with Crippen LogP contribution in [0.25, 0.3) is 0 Å². The van der Waals surface area contributed by atoms with Crippen LogP contribution < -0.4 is 5.32 Å². The summed E-state index contributed by atoms with van der Waals surface area (Å²) in [6.07, 6.45) is 1.42. The Morgan fingerprint density at radius 3 is 2.91 bits per heavy atom. The Kier molecular flexibility index (Phi) is 1.94. The number of hydrogen-bond donors (Lipinski definition) is 2. The SMILES string of the molecule is CC1=NC(C(=O)O)=CN[C@H]1C. The molecule has 0 aromatic heterocycles. The first kappa shape index (κ1) is 7.78. The van der Waals surface area contributed by atoms with Gasteiger partial charge in [0.25, 0.3) is 0 Å². The molecule has 0 unspecified atom stereocenters. The van der Waals surface area contributed by atoms with Gasteiger partial charge in [-0.05, 0) is 13.8 Å². The minimum absolute atomic E-state index is 0.0700. The Bertz CT molecular complexity index is 243. The molecule has 0 aliphatic carbocycles. The molecule has 0 aromatic carbocycles. The van der Waals surface area contributed by atoms with Crippen LogP contribution in [0.1, 0.15) is 13.8 Å². The Morgan fingerprint density at radius 2 is 2.45 bits per heavy atom. The van der Waals surface area contributed by atoms with Gasteiger partial charge in [-0.1, -0.05) is 0 Å². The van der Waals surface area contributed by atoms with Crippen LogP contribution in [0, 0.1) is 0 Å². The fraction of sp³-hybridized carbons (Fsp3) is 0.429. The van der Waals surface area contributed by atoms with E-state index < -0.39 is 5.97 Å². The first-order valence-electron chi connectivity index (χ1n) is 3.36. The largest absolute Gasteiger partial charge is 0.476 e. The lowest BCUT2D eigenvalue weighted by Gasteiger charge is -2.16. The molecule has 1 aliphatic heterocycles. The molecule has 1 atom stereocenters. The Morgan fingerprint density at radius 1 is 1.82 bits per heavy atom. The van der Waals surface area contributed by atoms with E-state index in [0.717, 1.165) is 5.71 Å². The van der Waals surface area contributed by atoms with Crippen molar-refractivity contribution in [2.24, 2.45) is 4.99 Å². The van der Waals surface area contributed by atoms with Crippen molar-refractivity contribution in [1.29, 1.82) is 0 Å². The van der Waals surface area contributed by atoms with Crippen molar-refractivity contribution in [1.82, 2.24) is 5.32 Å². The van der Waals surface area contributed by atoms with Gasteiger partial charge < -0.3 is 10.4 Å². The smallest absolute Gasteiger partial charge is 0.355 e. The van der Waals surface area contributed by atoms with Crippen molar-refractivity contribution in [3.8, 4) is 0 Å².